The van der Waals surface area contributed by atoms with Crippen molar-refractivity contribution in [2.75, 3.05) is 13.1 Å². The predicted octanol–water partition coefficient (Wildman–Crippen LogP) is 4.05. The number of phenols is 1. The second-order valence-electron chi connectivity index (χ2n) is 10.5. The van der Waals surface area contributed by atoms with Crippen molar-refractivity contribution >= 4 is 10.1 Å². The van der Waals surface area contributed by atoms with Crippen LogP contribution in [0.3, 0.4) is 0 Å². The van der Waals surface area contributed by atoms with Crippen molar-refractivity contribution in [2.45, 2.75) is 69.1 Å². The number of piperidine rings is 1. The van der Waals surface area contributed by atoms with Crippen LogP contribution in [0.15, 0.2) is 24.3 Å². The van der Waals surface area contributed by atoms with Crippen molar-refractivity contribution in [3.63, 3.8) is 0 Å². The smallest absolute Gasteiger partial charge is 0.269 e. The molecule has 3 aliphatic carbocycles. The monoisotopic (exact) mass is 431 g/mol. The predicted molar refractivity (Wildman–Crippen MR) is 117 cm³/mol. The fourth-order valence-electron chi connectivity index (χ4n) is 7.34. The minimum Gasteiger partial charge on any atom is -0.508 e. The van der Waals surface area contributed by atoms with Crippen molar-refractivity contribution in [3.8, 4) is 5.75 Å². The average molecular weight is 432 g/mol. The second kappa shape index (κ2) is 7.07. The lowest BCUT2D eigenvalue weighted by molar-refractivity contribution is -0.0378. The molecule has 0 radical (unpaired) electrons. The normalized spacial score (nSPS) is 34.2. The fourth-order valence-corrected chi connectivity index (χ4v) is 7.99. The molecule has 1 aromatic carbocycles. The van der Waals surface area contributed by atoms with E-state index in [9.17, 15) is 18.1 Å². The number of hydrogen-bond donors (Lipinski definition) is 2. The molecule has 2 N–H and O–H groups in total. The molecule has 2 bridgehead atoms. The van der Waals surface area contributed by atoms with E-state index in [-0.39, 0.29) is 11.2 Å². The number of benzene rings is 1. The van der Waals surface area contributed by atoms with E-state index in [1.807, 2.05) is 6.07 Å². The van der Waals surface area contributed by atoms with Gasteiger partial charge >= 0.3 is 0 Å². The molecule has 3 fully saturated rings. The number of allylic oxidation sites excluding steroid dienone is 1. The minimum absolute atomic E-state index is 0.0875. The van der Waals surface area contributed by atoms with Gasteiger partial charge in [0.25, 0.3) is 10.1 Å². The van der Waals surface area contributed by atoms with Crippen molar-refractivity contribution in [1.82, 2.24) is 4.90 Å². The largest absolute Gasteiger partial charge is 0.508 e. The van der Waals surface area contributed by atoms with Crippen molar-refractivity contribution in [2.24, 2.45) is 17.8 Å². The van der Waals surface area contributed by atoms with E-state index in [0.717, 1.165) is 55.8 Å². The Morgan fingerprint density at radius 3 is 2.70 bits per heavy atom. The molecule has 0 aromatic heterocycles. The Kier molecular flexibility index (Phi) is 4.84. The van der Waals surface area contributed by atoms with Crippen LogP contribution in [0, 0.1) is 17.8 Å². The third kappa shape index (κ3) is 3.32. The zero-order chi connectivity index (χ0) is 21.3. The highest BCUT2D eigenvalue weighted by molar-refractivity contribution is 7.85. The van der Waals surface area contributed by atoms with Gasteiger partial charge in [0.1, 0.15) is 11.5 Å². The molecule has 4 aliphatic rings. The molecule has 0 spiro atoms. The Labute approximate surface area is 179 Å². The summed E-state index contributed by atoms with van der Waals surface area (Å²) in [6.07, 6.45) is 7.77. The van der Waals surface area contributed by atoms with E-state index >= 15 is 0 Å². The summed E-state index contributed by atoms with van der Waals surface area (Å²) in [7, 11) is -4.17. The van der Waals surface area contributed by atoms with E-state index in [1.54, 1.807) is 0 Å². The second-order valence-corrected chi connectivity index (χ2v) is 11.9. The number of aromatic hydroxyl groups is 1. The number of hydrogen-bond acceptors (Lipinski definition) is 4. The molecule has 1 unspecified atom stereocenters. The third-order valence-corrected chi connectivity index (χ3v) is 9.16. The van der Waals surface area contributed by atoms with Gasteiger partial charge in [-0.05, 0) is 91.6 Å². The quantitative estimate of drug-likeness (QED) is 0.555. The summed E-state index contributed by atoms with van der Waals surface area (Å²) in [5.74, 6) is 1.46. The van der Waals surface area contributed by atoms with Crippen LogP contribution in [0.4, 0.5) is 0 Å². The van der Waals surface area contributed by atoms with E-state index in [1.165, 1.54) is 30.9 Å². The molecule has 5 nitrogen and oxygen atoms in total. The van der Waals surface area contributed by atoms with Gasteiger partial charge in [-0.2, -0.15) is 8.42 Å². The Hall–Kier alpha value is -1.37. The van der Waals surface area contributed by atoms with Crippen LogP contribution in [0.25, 0.3) is 0 Å². The summed E-state index contributed by atoms with van der Waals surface area (Å²) in [6.45, 7) is 8.90. The Bertz CT molecular complexity index is 983. The molecule has 4 atom stereocenters. The average Bonchev–Trinajstić information content (AvgIpc) is 2.58. The van der Waals surface area contributed by atoms with Crippen LogP contribution in [-0.2, 0) is 27.7 Å². The lowest BCUT2D eigenvalue weighted by atomic mass is 9.48. The van der Waals surface area contributed by atoms with Crippen molar-refractivity contribution in [1.29, 1.82) is 0 Å². The SMILES string of the molecule is C=C1CC(C)[C@H]2[C@H]3Cc4c(CS(=O)(=O)O)cc(O)cc4[C@@]2(CCN3CC2CCC2)C1. The highest BCUT2D eigenvalue weighted by Gasteiger charge is 2.57. The van der Waals surface area contributed by atoms with E-state index < -0.39 is 15.9 Å². The standard InChI is InChI=1S/C24H33NO4S/c1-15-8-16(2)23-22-11-20-18(14-30(27,28)29)9-19(26)10-21(20)24(23,12-15)6-7-25(22)13-17-4-3-5-17/h9-10,16-17,22-23,26H,1,3-8,11-14H2,2H3,(H,27,28,29)/t16?,22-,23+,24-/m1/s1. The zero-order valence-electron chi connectivity index (χ0n) is 17.8. The van der Waals surface area contributed by atoms with Crippen LogP contribution in [0.1, 0.15) is 62.1 Å². The van der Waals surface area contributed by atoms with E-state index in [0.29, 0.717) is 23.4 Å². The zero-order valence-corrected chi connectivity index (χ0v) is 18.6. The number of fused-ring (bicyclic) bond motifs is 1. The van der Waals surface area contributed by atoms with Gasteiger partial charge < -0.3 is 5.11 Å². The lowest BCUT2D eigenvalue weighted by Gasteiger charge is -2.62. The molecular formula is C24H33NO4S. The molecule has 5 rings (SSSR count). The molecular weight excluding hydrogens is 398 g/mol. The molecule has 1 aliphatic heterocycles. The maximum atomic E-state index is 11.7. The van der Waals surface area contributed by atoms with Crippen LogP contribution in [0.2, 0.25) is 0 Å². The number of rotatable bonds is 4. The lowest BCUT2D eigenvalue weighted by Crippen LogP contribution is -2.64. The molecule has 1 aromatic rings. The molecule has 2 saturated carbocycles. The number of nitrogens with zero attached hydrogens (tertiary/aromatic N) is 1. The Morgan fingerprint density at radius 1 is 1.27 bits per heavy atom. The summed E-state index contributed by atoms with van der Waals surface area (Å²) < 4.78 is 33.0. The molecule has 30 heavy (non-hydrogen) atoms. The summed E-state index contributed by atoms with van der Waals surface area (Å²) in [5, 5.41) is 10.5. The number of likely N-dealkylation sites (tertiary alicyclic amines) is 1. The van der Waals surface area contributed by atoms with Crippen LogP contribution in [0.5, 0.6) is 5.75 Å². The Morgan fingerprint density at radius 2 is 2.03 bits per heavy atom. The number of phenolic OH excluding ortho intramolecular Hbond substituents is 1. The first-order valence-corrected chi connectivity index (χ1v) is 13.0. The van der Waals surface area contributed by atoms with Gasteiger partial charge in [0.2, 0.25) is 0 Å². The summed E-state index contributed by atoms with van der Waals surface area (Å²) in [6, 6.07) is 3.80. The van der Waals surface area contributed by atoms with Crippen molar-refractivity contribution in [3.05, 3.63) is 41.0 Å². The van der Waals surface area contributed by atoms with Gasteiger partial charge in [-0.1, -0.05) is 25.5 Å². The molecule has 6 heteroatoms. The first-order chi connectivity index (χ1) is 14.2. The fraction of sp³-hybridized carbons (Fsp3) is 0.667. The van der Waals surface area contributed by atoms with Crippen LogP contribution < -0.4 is 0 Å². The van der Waals surface area contributed by atoms with E-state index in [2.05, 4.69) is 18.4 Å². The first kappa shape index (κ1) is 20.5. The maximum absolute atomic E-state index is 11.7. The third-order valence-electron chi connectivity index (χ3n) is 8.49. The van der Waals surface area contributed by atoms with Gasteiger partial charge in [0, 0.05) is 18.0 Å². The maximum Gasteiger partial charge on any atom is 0.269 e. The van der Waals surface area contributed by atoms with Gasteiger partial charge in [-0.3, -0.25) is 9.45 Å². The highest BCUT2D eigenvalue weighted by Crippen LogP contribution is 2.59. The van der Waals surface area contributed by atoms with Gasteiger partial charge in [0.05, 0.1) is 0 Å². The molecule has 1 saturated heterocycles. The van der Waals surface area contributed by atoms with Gasteiger partial charge in [-0.25, -0.2) is 0 Å². The highest BCUT2D eigenvalue weighted by atomic mass is 32.2. The van der Waals surface area contributed by atoms with Crippen LogP contribution >= 0.6 is 0 Å². The topological polar surface area (TPSA) is 77.8 Å². The summed E-state index contributed by atoms with van der Waals surface area (Å²) >= 11 is 0. The van der Waals surface area contributed by atoms with Gasteiger partial charge in [0.15, 0.2) is 0 Å². The molecule has 0 amide bonds. The molecule has 1 heterocycles. The minimum atomic E-state index is -4.17. The summed E-state index contributed by atoms with van der Waals surface area (Å²) in [5.41, 5.74) is 3.88. The molecule has 164 valence electrons. The first-order valence-electron chi connectivity index (χ1n) is 11.4. The van der Waals surface area contributed by atoms with Gasteiger partial charge in [-0.15, -0.1) is 0 Å². The van der Waals surface area contributed by atoms with E-state index in [4.69, 9.17) is 0 Å². The van der Waals surface area contributed by atoms with Crippen molar-refractivity contribution < 1.29 is 18.1 Å². The Balaban J connectivity index is 1.64. The van der Waals surface area contributed by atoms with Crippen LogP contribution in [-0.4, -0.2) is 42.1 Å². The summed E-state index contributed by atoms with van der Waals surface area (Å²) in [4.78, 5) is 2.68.